The Morgan fingerprint density at radius 2 is 1.60 bits per heavy atom. The first-order valence-corrected chi connectivity index (χ1v) is 15.1. The lowest BCUT2D eigenvalue weighted by molar-refractivity contribution is 0.0628. The number of carbonyl (C=O) groups excluding carboxylic acids is 1. The molecule has 1 amide bonds. The number of hydrogen-bond acceptors (Lipinski definition) is 6. The summed E-state index contributed by atoms with van der Waals surface area (Å²) in [5, 5.41) is 3.14. The number of nitrogens with zero attached hydrogens (tertiary/aromatic N) is 2. The minimum absolute atomic E-state index is 0.0685. The molecule has 0 radical (unpaired) electrons. The molecule has 218 valence electrons. The lowest BCUT2D eigenvalue weighted by atomic mass is 10.1. The minimum Gasteiger partial charge on any atom is -0.497 e. The molecule has 0 unspecified atom stereocenters. The van der Waals surface area contributed by atoms with Gasteiger partial charge in [-0.2, -0.15) is 0 Å². The Morgan fingerprint density at radius 3 is 2.31 bits per heavy atom. The van der Waals surface area contributed by atoms with Gasteiger partial charge in [-0.15, -0.1) is 0 Å². The summed E-state index contributed by atoms with van der Waals surface area (Å²) in [6.45, 7) is 3.61. The molecular formula is C32H33FN4O4S. The van der Waals surface area contributed by atoms with Gasteiger partial charge in [0.2, 0.25) is 0 Å². The molecule has 4 aromatic rings. The van der Waals surface area contributed by atoms with Gasteiger partial charge in [-0.1, -0.05) is 48.5 Å². The quantitative estimate of drug-likeness (QED) is 0.265. The SMILES string of the molecule is COc1cccc(NS(=O)(=O)c2cc(C(=O)N3CCN(Cc4ccccc4)CC3)ccc2NCc2ccc(F)cc2)c1. The van der Waals surface area contributed by atoms with Crippen molar-refractivity contribution in [3.8, 4) is 5.75 Å². The standard InChI is InChI=1S/C32H33FN4O4S/c1-41-29-9-5-8-28(21-29)35-42(39,40)31-20-26(12-15-30(31)34-22-24-10-13-27(33)14-11-24)32(38)37-18-16-36(17-19-37)23-25-6-3-2-4-7-25/h2-15,20-21,34-35H,16-19,22-23H2,1H3. The van der Waals surface area contributed by atoms with E-state index in [-0.39, 0.29) is 28.7 Å². The van der Waals surface area contributed by atoms with Crippen LogP contribution in [0.25, 0.3) is 0 Å². The van der Waals surface area contributed by atoms with Crippen molar-refractivity contribution >= 4 is 27.3 Å². The predicted molar refractivity (Wildman–Crippen MR) is 162 cm³/mol. The number of halogens is 1. The van der Waals surface area contributed by atoms with Crippen molar-refractivity contribution in [2.45, 2.75) is 18.0 Å². The van der Waals surface area contributed by atoms with E-state index in [4.69, 9.17) is 4.74 Å². The van der Waals surface area contributed by atoms with E-state index in [9.17, 15) is 17.6 Å². The summed E-state index contributed by atoms with van der Waals surface area (Å²) in [5.74, 6) is -0.0780. The summed E-state index contributed by atoms with van der Waals surface area (Å²) in [6, 6.07) is 27.4. The predicted octanol–water partition coefficient (Wildman–Crippen LogP) is 5.21. The maximum absolute atomic E-state index is 13.7. The van der Waals surface area contributed by atoms with Crippen molar-refractivity contribution in [1.29, 1.82) is 0 Å². The van der Waals surface area contributed by atoms with Gasteiger partial charge in [-0.3, -0.25) is 14.4 Å². The molecule has 0 aliphatic carbocycles. The van der Waals surface area contributed by atoms with Crippen molar-refractivity contribution in [3.05, 3.63) is 120 Å². The van der Waals surface area contributed by atoms with Gasteiger partial charge in [-0.25, -0.2) is 12.8 Å². The minimum atomic E-state index is -4.12. The van der Waals surface area contributed by atoms with Crippen molar-refractivity contribution < 1.29 is 22.3 Å². The molecule has 0 bridgehead atoms. The van der Waals surface area contributed by atoms with Gasteiger partial charge in [-0.05, 0) is 53.6 Å². The van der Waals surface area contributed by atoms with Crippen LogP contribution in [0.1, 0.15) is 21.5 Å². The molecule has 1 fully saturated rings. The Hall–Kier alpha value is -4.41. The molecule has 1 aliphatic heterocycles. The van der Waals surface area contributed by atoms with Crippen LogP contribution < -0.4 is 14.8 Å². The summed E-state index contributed by atoms with van der Waals surface area (Å²) < 4.78 is 48.5. The number of carbonyl (C=O) groups is 1. The number of sulfonamides is 1. The first-order valence-electron chi connectivity index (χ1n) is 13.7. The zero-order valence-corrected chi connectivity index (χ0v) is 24.1. The lowest BCUT2D eigenvalue weighted by Crippen LogP contribution is -2.48. The van der Waals surface area contributed by atoms with Crippen LogP contribution in [0, 0.1) is 5.82 Å². The molecule has 10 heteroatoms. The topological polar surface area (TPSA) is 91.0 Å². The first-order chi connectivity index (χ1) is 20.3. The van der Waals surface area contributed by atoms with Gasteiger partial charge >= 0.3 is 0 Å². The molecule has 5 rings (SSSR count). The Kier molecular flexibility index (Phi) is 9.04. The van der Waals surface area contributed by atoms with E-state index < -0.39 is 10.0 Å². The van der Waals surface area contributed by atoms with Gasteiger partial charge in [0.1, 0.15) is 16.5 Å². The van der Waals surface area contributed by atoms with Crippen molar-refractivity contribution in [2.75, 3.05) is 43.3 Å². The highest BCUT2D eigenvalue weighted by Gasteiger charge is 2.26. The Morgan fingerprint density at radius 1 is 0.857 bits per heavy atom. The molecule has 42 heavy (non-hydrogen) atoms. The van der Waals surface area contributed by atoms with Gasteiger partial charge < -0.3 is 15.0 Å². The number of nitrogens with one attached hydrogen (secondary N) is 2. The van der Waals surface area contributed by atoms with Crippen LogP contribution in [0.15, 0.2) is 102 Å². The second-order valence-corrected chi connectivity index (χ2v) is 11.7. The number of hydrogen-bond donors (Lipinski definition) is 2. The van der Waals surface area contributed by atoms with Crippen molar-refractivity contribution in [2.24, 2.45) is 0 Å². The Labute approximate surface area is 245 Å². The van der Waals surface area contributed by atoms with E-state index in [0.29, 0.717) is 30.2 Å². The second kappa shape index (κ2) is 13.1. The largest absolute Gasteiger partial charge is 0.497 e. The van der Waals surface area contributed by atoms with Gasteiger partial charge in [0, 0.05) is 50.9 Å². The molecule has 0 spiro atoms. The maximum Gasteiger partial charge on any atom is 0.263 e. The molecule has 1 saturated heterocycles. The van der Waals surface area contributed by atoms with Crippen LogP contribution in [0.4, 0.5) is 15.8 Å². The van der Waals surface area contributed by atoms with Crippen LogP contribution in [0.5, 0.6) is 5.75 Å². The van der Waals surface area contributed by atoms with E-state index in [0.717, 1.165) is 25.2 Å². The third kappa shape index (κ3) is 7.26. The van der Waals surface area contributed by atoms with Gasteiger partial charge in [0.05, 0.1) is 18.5 Å². The van der Waals surface area contributed by atoms with Crippen molar-refractivity contribution in [3.63, 3.8) is 0 Å². The fourth-order valence-corrected chi connectivity index (χ4v) is 6.11. The maximum atomic E-state index is 13.7. The number of anilines is 2. The number of amides is 1. The van der Waals surface area contributed by atoms with Gasteiger partial charge in [0.15, 0.2) is 0 Å². The molecule has 4 aromatic carbocycles. The van der Waals surface area contributed by atoms with E-state index >= 15 is 0 Å². The fourth-order valence-electron chi connectivity index (χ4n) is 4.85. The smallest absolute Gasteiger partial charge is 0.263 e. The highest BCUT2D eigenvalue weighted by molar-refractivity contribution is 7.92. The molecule has 1 aliphatic rings. The van der Waals surface area contributed by atoms with Crippen molar-refractivity contribution in [1.82, 2.24) is 9.80 Å². The Bertz CT molecular complexity index is 1620. The third-order valence-corrected chi connectivity index (χ3v) is 8.57. The highest BCUT2D eigenvalue weighted by atomic mass is 32.2. The summed E-state index contributed by atoms with van der Waals surface area (Å²) in [4.78, 5) is 17.5. The normalized spacial score (nSPS) is 13.9. The van der Waals surface area contributed by atoms with E-state index in [2.05, 4.69) is 27.1 Å². The third-order valence-electron chi connectivity index (χ3n) is 7.14. The van der Waals surface area contributed by atoms with Crippen LogP contribution in [0.3, 0.4) is 0 Å². The average Bonchev–Trinajstić information content (AvgIpc) is 3.01. The molecule has 1 heterocycles. The number of methoxy groups -OCH3 is 1. The number of benzene rings is 4. The van der Waals surface area contributed by atoms with Gasteiger partial charge in [0.25, 0.3) is 15.9 Å². The summed E-state index contributed by atoms with van der Waals surface area (Å²) >= 11 is 0. The monoisotopic (exact) mass is 588 g/mol. The molecule has 2 N–H and O–H groups in total. The Balaban J connectivity index is 1.36. The van der Waals surface area contributed by atoms with E-state index in [1.165, 1.54) is 30.9 Å². The van der Waals surface area contributed by atoms with E-state index in [1.807, 2.05) is 18.2 Å². The molecule has 0 atom stereocenters. The number of rotatable bonds is 10. The first kappa shape index (κ1) is 29.1. The molecule has 8 nitrogen and oxygen atoms in total. The zero-order valence-electron chi connectivity index (χ0n) is 23.3. The number of ether oxygens (including phenoxy) is 1. The fraction of sp³-hybridized carbons (Fsp3) is 0.219. The molecule has 0 saturated carbocycles. The summed E-state index contributed by atoms with van der Waals surface area (Å²) in [5.41, 5.74) is 2.92. The van der Waals surface area contributed by atoms with E-state index in [1.54, 1.807) is 53.4 Å². The van der Waals surface area contributed by atoms with Crippen LogP contribution >= 0.6 is 0 Å². The molecule has 0 aromatic heterocycles. The van der Waals surface area contributed by atoms with Crippen LogP contribution in [-0.4, -0.2) is 57.4 Å². The second-order valence-electron chi connectivity index (χ2n) is 10.1. The van der Waals surface area contributed by atoms with Crippen LogP contribution in [-0.2, 0) is 23.1 Å². The number of piperazine rings is 1. The highest BCUT2D eigenvalue weighted by Crippen LogP contribution is 2.28. The van der Waals surface area contributed by atoms with Crippen LogP contribution in [0.2, 0.25) is 0 Å². The zero-order chi connectivity index (χ0) is 29.5. The summed E-state index contributed by atoms with van der Waals surface area (Å²) in [7, 11) is -2.62. The molecular weight excluding hydrogens is 555 g/mol. The average molecular weight is 589 g/mol. The summed E-state index contributed by atoms with van der Waals surface area (Å²) in [6.07, 6.45) is 0. The lowest BCUT2D eigenvalue weighted by Gasteiger charge is -2.35.